The maximum absolute atomic E-state index is 5.64. The standard InChI is InChI=1S/C11H24N2/c1-3-10(7-8-12)11-6-4-5-9-13(11)2/h10-11H,3-9,12H2,1-2H3. The Morgan fingerprint density at radius 1 is 1.46 bits per heavy atom. The molecular formula is C11H24N2. The van der Waals surface area contributed by atoms with Gasteiger partial charge >= 0.3 is 0 Å². The molecule has 0 saturated carbocycles. The van der Waals surface area contributed by atoms with Crippen LogP contribution in [0.2, 0.25) is 0 Å². The quantitative estimate of drug-likeness (QED) is 0.722. The van der Waals surface area contributed by atoms with E-state index in [0.717, 1.165) is 18.5 Å². The fraction of sp³-hybridized carbons (Fsp3) is 1.00. The summed E-state index contributed by atoms with van der Waals surface area (Å²) in [6.45, 7) is 4.43. The summed E-state index contributed by atoms with van der Waals surface area (Å²) < 4.78 is 0. The van der Waals surface area contributed by atoms with E-state index in [0.29, 0.717) is 0 Å². The van der Waals surface area contributed by atoms with Crippen LogP contribution >= 0.6 is 0 Å². The van der Waals surface area contributed by atoms with Crippen molar-refractivity contribution in [2.45, 2.75) is 45.1 Å². The minimum absolute atomic E-state index is 0.808. The molecule has 0 aliphatic carbocycles. The Hall–Kier alpha value is -0.0800. The molecule has 13 heavy (non-hydrogen) atoms. The summed E-state index contributed by atoms with van der Waals surface area (Å²) in [6, 6.07) is 0.808. The van der Waals surface area contributed by atoms with Crippen molar-refractivity contribution in [3.05, 3.63) is 0 Å². The second kappa shape index (κ2) is 5.61. The Labute approximate surface area is 82.5 Å². The van der Waals surface area contributed by atoms with Crippen molar-refractivity contribution in [3.63, 3.8) is 0 Å². The Kier molecular flexibility index (Phi) is 4.74. The van der Waals surface area contributed by atoms with Gasteiger partial charge in [0, 0.05) is 6.04 Å². The summed E-state index contributed by atoms with van der Waals surface area (Å²) in [5.74, 6) is 0.829. The molecule has 2 unspecified atom stereocenters. The minimum atomic E-state index is 0.808. The Morgan fingerprint density at radius 3 is 2.77 bits per heavy atom. The van der Waals surface area contributed by atoms with Gasteiger partial charge in [-0.2, -0.15) is 0 Å². The van der Waals surface area contributed by atoms with Gasteiger partial charge in [0.1, 0.15) is 0 Å². The first-order chi connectivity index (χ1) is 6.29. The van der Waals surface area contributed by atoms with Crippen molar-refractivity contribution in [1.82, 2.24) is 4.90 Å². The topological polar surface area (TPSA) is 29.3 Å². The molecule has 2 atom stereocenters. The second-order valence-electron chi connectivity index (χ2n) is 4.29. The molecule has 1 heterocycles. The summed E-state index contributed by atoms with van der Waals surface area (Å²) in [5, 5.41) is 0. The molecule has 1 rings (SSSR count). The van der Waals surface area contributed by atoms with E-state index < -0.39 is 0 Å². The molecular weight excluding hydrogens is 160 g/mol. The smallest absolute Gasteiger partial charge is 0.0121 e. The Bertz CT molecular complexity index is 136. The van der Waals surface area contributed by atoms with E-state index in [1.54, 1.807) is 0 Å². The first-order valence-corrected chi connectivity index (χ1v) is 5.70. The molecule has 2 heteroatoms. The zero-order valence-electron chi connectivity index (χ0n) is 9.13. The van der Waals surface area contributed by atoms with Crippen LogP contribution in [-0.2, 0) is 0 Å². The lowest BCUT2D eigenvalue weighted by molar-refractivity contribution is 0.122. The van der Waals surface area contributed by atoms with Crippen molar-refractivity contribution >= 4 is 0 Å². The largest absolute Gasteiger partial charge is 0.330 e. The number of rotatable bonds is 4. The van der Waals surface area contributed by atoms with E-state index in [2.05, 4.69) is 18.9 Å². The lowest BCUT2D eigenvalue weighted by Gasteiger charge is -2.37. The van der Waals surface area contributed by atoms with Gasteiger partial charge in [-0.1, -0.05) is 19.8 Å². The number of hydrogen-bond donors (Lipinski definition) is 1. The van der Waals surface area contributed by atoms with E-state index in [1.807, 2.05) is 0 Å². The molecule has 1 fully saturated rings. The molecule has 0 bridgehead atoms. The van der Waals surface area contributed by atoms with Crippen molar-refractivity contribution in [2.24, 2.45) is 11.7 Å². The van der Waals surface area contributed by atoms with Crippen LogP contribution in [0.5, 0.6) is 0 Å². The zero-order chi connectivity index (χ0) is 9.68. The van der Waals surface area contributed by atoms with Gasteiger partial charge in [-0.25, -0.2) is 0 Å². The summed E-state index contributed by atoms with van der Waals surface area (Å²) >= 11 is 0. The molecule has 0 radical (unpaired) electrons. The van der Waals surface area contributed by atoms with E-state index in [-0.39, 0.29) is 0 Å². The molecule has 0 aromatic rings. The van der Waals surface area contributed by atoms with Gasteiger partial charge < -0.3 is 10.6 Å². The lowest BCUT2D eigenvalue weighted by Crippen LogP contribution is -2.41. The highest BCUT2D eigenvalue weighted by Crippen LogP contribution is 2.25. The summed E-state index contributed by atoms with van der Waals surface area (Å²) in [6.07, 6.45) is 6.66. The fourth-order valence-corrected chi connectivity index (χ4v) is 2.58. The van der Waals surface area contributed by atoms with Crippen LogP contribution < -0.4 is 5.73 Å². The van der Waals surface area contributed by atoms with Crippen LogP contribution in [0.25, 0.3) is 0 Å². The molecule has 78 valence electrons. The second-order valence-corrected chi connectivity index (χ2v) is 4.29. The zero-order valence-corrected chi connectivity index (χ0v) is 9.13. The number of nitrogens with zero attached hydrogens (tertiary/aromatic N) is 1. The third kappa shape index (κ3) is 2.96. The molecule has 1 aliphatic heterocycles. The maximum atomic E-state index is 5.64. The molecule has 0 spiro atoms. The van der Waals surface area contributed by atoms with Gasteiger partial charge in [-0.3, -0.25) is 0 Å². The van der Waals surface area contributed by atoms with Gasteiger partial charge in [0.2, 0.25) is 0 Å². The van der Waals surface area contributed by atoms with Crippen molar-refractivity contribution in [1.29, 1.82) is 0 Å². The third-order valence-electron chi connectivity index (χ3n) is 3.43. The van der Waals surface area contributed by atoms with Gasteiger partial charge in [-0.05, 0) is 45.3 Å². The first kappa shape index (κ1) is 11.0. The molecule has 1 saturated heterocycles. The van der Waals surface area contributed by atoms with Crippen LogP contribution in [0.15, 0.2) is 0 Å². The molecule has 2 nitrogen and oxygen atoms in total. The normalized spacial score (nSPS) is 27.5. The Morgan fingerprint density at radius 2 is 2.23 bits per heavy atom. The maximum Gasteiger partial charge on any atom is 0.0121 e. The monoisotopic (exact) mass is 184 g/mol. The minimum Gasteiger partial charge on any atom is -0.330 e. The van der Waals surface area contributed by atoms with Crippen LogP contribution in [0.4, 0.5) is 0 Å². The highest BCUT2D eigenvalue weighted by Gasteiger charge is 2.25. The number of piperidine rings is 1. The number of hydrogen-bond acceptors (Lipinski definition) is 2. The van der Waals surface area contributed by atoms with Crippen LogP contribution in [0.1, 0.15) is 39.0 Å². The predicted molar refractivity (Wildman–Crippen MR) is 57.7 cm³/mol. The molecule has 0 amide bonds. The summed E-state index contributed by atoms with van der Waals surface area (Å²) in [5.41, 5.74) is 5.64. The van der Waals surface area contributed by atoms with Crippen LogP contribution in [0, 0.1) is 5.92 Å². The molecule has 1 aliphatic rings. The van der Waals surface area contributed by atoms with Gasteiger partial charge in [0.15, 0.2) is 0 Å². The Balaban J connectivity index is 2.44. The third-order valence-corrected chi connectivity index (χ3v) is 3.43. The molecule has 2 N–H and O–H groups in total. The average Bonchev–Trinajstić information content (AvgIpc) is 2.16. The fourth-order valence-electron chi connectivity index (χ4n) is 2.58. The van der Waals surface area contributed by atoms with Crippen molar-refractivity contribution in [2.75, 3.05) is 20.1 Å². The molecule has 0 aromatic carbocycles. The van der Waals surface area contributed by atoms with Crippen molar-refractivity contribution in [3.8, 4) is 0 Å². The van der Waals surface area contributed by atoms with E-state index in [4.69, 9.17) is 5.73 Å². The van der Waals surface area contributed by atoms with E-state index in [1.165, 1.54) is 38.6 Å². The van der Waals surface area contributed by atoms with Crippen LogP contribution in [0.3, 0.4) is 0 Å². The van der Waals surface area contributed by atoms with Gasteiger partial charge in [0.25, 0.3) is 0 Å². The number of likely N-dealkylation sites (tertiary alicyclic amines) is 1. The lowest BCUT2D eigenvalue weighted by atomic mass is 9.86. The van der Waals surface area contributed by atoms with Crippen molar-refractivity contribution < 1.29 is 0 Å². The average molecular weight is 184 g/mol. The van der Waals surface area contributed by atoms with Gasteiger partial charge in [0.05, 0.1) is 0 Å². The summed E-state index contributed by atoms with van der Waals surface area (Å²) in [7, 11) is 2.27. The van der Waals surface area contributed by atoms with E-state index >= 15 is 0 Å². The van der Waals surface area contributed by atoms with Gasteiger partial charge in [-0.15, -0.1) is 0 Å². The highest BCUT2D eigenvalue weighted by molar-refractivity contribution is 4.80. The molecule has 0 aromatic heterocycles. The summed E-state index contributed by atoms with van der Waals surface area (Å²) in [4.78, 5) is 2.54. The predicted octanol–water partition coefficient (Wildman–Crippen LogP) is 1.85. The number of nitrogens with two attached hydrogens (primary N) is 1. The highest BCUT2D eigenvalue weighted by atomic mass is 15.1. The van der Waals surface area contributed by atoms with E-state index in [9.17, 15) is 0 Å². The first-order valence-electron chi connectivity index (χ1n) is 5.70. The van der Waals surface area contributed by atoms with Crippen LogP contribution in [-0.4, -0.2) is 31.1 Å². The SMILES string of the molecule is CCC(CCN)C1CCCCN1C.